The lowest BCUT2D eigenvalue weighted by Gasteiger charge is -2.27. The van der Waals surface area contributed by atoms with Crippen LogP contribution in [-0.2, 0) is 33.3 Å². The van der Waals surface area contributed by atoms with Gasteiger partial charge in [-0.2, -0.15) is 10.4 Å². The number of nitriles is 1. The van der Waals surface area contributed by atoms with E-state index in [0.717, 1.165) is 43.1 Å². The Morgan fingerprint density at radius 3 is 2.95 bits per heavy atom. The van der Waals surface area contributed by atoms with Crippen LogP contribution in [0, 0.1) is 11.3 Å². The summed E-state index contributed by atoms with van der Waals surface area (Å²) in [7, 11) is 1.89. The van der Waals surface area contributed by atoms with Gasteiger partial charge in [-0.05, 0) is 17.7 Å². The first-order chi connectivity index (χ1) is 9.69. The molecular formula is C14H17N5O. The smallest absolute Gasteiger partial charge is 0.120 e. The van der Waals surface area contributed by atoms with Crippen LogP contribution in [0.25, 0.3) is 0 Å². The highest BCUT2D eigenvalue weighted by Gasteiger charge is 2.18. The fraction of sp³-hybridized carbons (Fsp3) is 0.429. The van der Waals surface area contributed by atoms with Gasteiger partial charge < -0.3 is 9.67 Å². The van der Waals surface area contributed by atoms with Crippen LogP contribution in [0.2, 0.25) is 0 Å². The zero-order valence-electron chi connectivity index (χ0n) is 11.5. The first kappa shape index (κ1) is 12.9. The molecule has 0 saturated heterocycles. The number of hydrogen-bond acceptors (Lipinski definition) is 4. The maximum Gasteiger partial charge on any atom is 0.120 e. The van der Waals surface area contributed by atoms with Crippen molar-refractivity contribution in [3.63, 3.8) is 0 Å². The average molecular weight is 271 g/mol. The summed E-state index contributed by atoms with van der Waals surface area (Å²) in [5, 5.41) is 22.4. The summed E-state index contributed by atoms with van der Waals surface area (Å²) in [5.41, 5.74) is 3.70. The first-order valence-corrected chi connectivity index (χ1v) is 6.64. The van der Waals surface area contributed by atoms with Gasteiger partial charge in [0.15, 0.2) is 0 Å². The number of nitrogens with zero attached hydrogens (tertiary/aromatic N) is 5. The lowest BCUT2D eigenvalue weighted by atomic mass is 10.2. The molecule has 3 heterocycles. The minimum absolute atomic E-state index is 0.00971. The van der Waals surface area contributed by atoms with E-state index in [2.05, 4.69) is 16.1 Å². The monoisotopic (exact) mass is 271 g/mol. The van der Waals surface area contributed by atoms with Crippen molar-refractivity contribution >= 4 is 0 Å². The lowest BCUT2D eigenvalue weighted by Crippen LogP contribution is -2.33. The van der Waals surface area contributed by atoms with E-state index >= 15 is 0 Å². The van der Waals surface area contributed by atoms with Crippen LogP contribution in [0.3, 0.4) is 0 Å². The third kappa shape index (κ3) is 2.33. The number of aromatic nitrogens is 3. The number of aryl methyl sites for hydroxylation is 1. The van der Waals surface area contributed by atoms with Gasteiger partial charge in [0.1, 0.15) is 11.8 Å². The van der Waals surface area contributed by atoms with Crippen molar-refractivity contribution < 1.29 is 5.11 Å². The molecule has 1 aliphatic heterocycles. The second kappa shape index (κ2) is 5.12. The number of aliphatic hydroxyl groups is 1. The Balaban J connectivity index is 1.72. The molecule has 2 aromatic rings. The van der Waals surface area contributed by atoms with Crippen LogP contribution in [-0.4, -0.2) is 30.9 Å². The molecule has 0 aromatic carbocycles. The van der Waals surface area contributed by atoms with E-state index in [9.17, 15) is 0 Å². The van der Waals surface area contributed by atoms with E-state index in [0.29, 0.717) is 5.69 Å². The number of hydrogen-bond donors (Lipinski definition) is 1. The number of aliphatic hydroxyl groups excluding tert-OH is 1. The van der Waals surface area contributed by atoms with Gasteiger partial charge in [0.2, 0.25) is 0 Å². The predicted octanol–water partition coefficient (Wildman–Crippen LogP) is 0.601. The summed E-state index contributed by atoms with van der Waals surface area (Å²) < 4.78 is 3.82. The summed E-state index contributed by atoms with van der Waals surface area (Å²) in [4.78, 5) is 2.33. The van der Waals surface area contributed by atoms with Crippen molar-refractivity contribution in [1.29, 1.82) is 5.26 Å². The highest BCUT2D eigenvalue weighted by atomic mass is 16.3. The quantitative estimate of drug-likeness (QED) is 0.887. The maximum absolute atomic E-state index is 9.13. The summed E-state index contributed by atoms with van der Waals surface area (Å²) in [5.74, 6) is 0. The van der Waals surface area contributed by atoms with Crippen LogP contribution in [0.15, 0.2) is 18.3 Å². The topological polar surface area (TPSA) is 70.0 Å². The predicted molar refractivity (Wildman–Crippen MR) is 72.4 cm³/mol. The standard InChI is InChI=1S/C14H17N5O/c1-17-7-11(4-13(17)6-15)8-18-2-3-19-14(9-18)5-12(10-20)16-19/h4-5,7,20H,2-3,8-10H2,1H3. The third-order valence-corrected chi connectivity index (χ3v) is 3.67. The van der Waals surface area contributed by atoms with Crippen LogP contribution in [0.1, 0.15) is 22.6 Å². The van der Waals surface area contributed by atoms with Gasteiger partial charge in [0.25, 0.3) is 0 Å². The highest BCUT2D eigenvalue weighted by molar-refractivity contribution is 5.28. The molecule has 0 amide bonds. The van der Waals surface area contributed by atoms with E-state index in [1.807, 2.05) is 34.6 Å². The fourth-order valence-electron chi connectivity index (χ4n) is 2.68. The normalized spacial score (nSPS) is 15.1. The van der Waals surface area contributed by atoms with Crippen molar-refractivity contribution in [2.75, 3.05) is 6.54 Å². The van der Waals surface area contributed by atoms with Gasteiger partial charge in [-0.1, -0.05) is 0 Å². The Morgan fingerprint density at radius 1 is 1.40 bits per heavy atom. The molecule has 0 saturated carbocycles. The van der Waals surface area contributed by atoms with E-state index in [1.165, 1.54) is 0 Å². The zero-order valence-corrected chi connectivity index (χ0v) is 11.5. The van der Waals surface area contributed by atoms with Crippen LogP contribution >= 0.6 is 0 Å². The molecule has 0 bridgehead atoms. The van der Waals surface area contributed by atoms with E-state index < -0.39 is 0 Å². The summed E-state index contributed by atoms with van der Waals surface area (Å²) in [6.45, 7) is 3.41. The molecule has 6 nitrogen and oxygen atoms in total. The van der Waals surface area contributed by atoms with Crippen LogP contribution in [0.4, 0.5) is 0 Å². The Bertz CT molecular complexity index is 664. The Hall–Kier alpha value is -2.10. The zero-order chi connectivity index (χ0) is 14.1. The SMILES string of the molecule is Cn1cc(CN2CCn3nc(CO)cc3C2)cc1C#N. The van der Waals surface area contributed by atoms with Crippen molar-refractivity contribution in [1.82, 2.24) is 19.2 Å². The molecule has 0 spiro atoms. The van der Waals surface area contributed by atoms with Crippen LogP contribution in [0.5, 0.6) is 0 Å². The van der Waals surface area contributed by atoms with Crippen molar-refractivity contribution in [2.45, 2.75) is 26.2 Å². The van der Waals surface area contributed by atoms with E-state index in [-0.39, 0.29) is 6.61 Å². The Kier molecular flexibility index (Phi) is 3.30. The van der Waals surface area contributed by atoms with Gasteiger partial charge in [-0.15, -0.1) is 0 Å². The number of fused-ring (bicyclic) bond motifs is 1. The van der Waals surface area contributed by atoms with Gasteiger partial charge in [0, 0.05) is 32.9 Å². The van der Waals surface area contributed by atoms with Gasteiger partial charge in [0.05, 0.1) is 24.5 Å². The molecule has 0 fully saturated rings. The van der Waals surface area contributed by atoms with Crippen LogP contribution < -0.4 is 0 Å². The molecular weight excluding hydrogens is 254 g/mol. The van der Waals surface area contributed by atoms with Gasteiger partial charge in [-0.25, -0.2) is 0 Å². The van der Waals surface area contributed by atoms with Crippen molar-refractivity contribution in [2.24, 2.45) is 7.05 Å². The molecule has 0 unspecified atom stereocenters. The lowest BCUT2D eigenvalue weighted by molar-refractivity contribution is 0.204. The third-order valence-electron chi connectivity index (χ3n) is 3.67. The van der Waals surface area contributed by atoms with Gasteiger partial charge in [-0.3, -0.25) is 9.58 Å². The summed E-state index contributed by atoms with van der Waals surface area (Å²) >= 11 is 0. The molecule has 3 rings (SSSR count). The molecule has 1 N–H and O–H groups in total. The molecule has 2 aromatic heterocycles. The Labute approximate surface area is 117 Å². The average Bonchev–Trinajstić information content (AvgIpc) is 3.01. The molecule has 0 radical (unpaired) electrons. The second-order valence-corrected chi connectivity index (χ2v) is 5.18. The molecule has 6 heteroatoms. The maximum atomic E-state index is 9.13. The summed E-state index contributed by atoms with van der Waals surface area (Å²) in [6.07, 6.45) is 2.00. The second-order valence-electron chi connectivity index (χ2n) is 5.18. The molecule has 20 heavy (non-hydrogen) atoms. The largest absolute Gasteiger partial charge is 0.390 e. The minimum Gasteiger partial charge on any atom is -0.390 e. The minimum atomic E-state index is -0.00971. The van der Waals surface area contributed by atoms with E-state index in [4.69, 9.17) is 10.4 Å². The van der Waals surface area contributed by atoms with E-state index in [1.54, 1.807) is 0 Å². The Morgan fingerprint density at radius 2 is 2.25 bits per heavy atom. The molecule has 0 aliphatic carbocycles. The first-order valence-electron chi connectivity index (χ1n) is 6.64. The van der Waals surface area contributed by atoms with Gasteiger partial charge >= 0.3 is 0 Å². The fourth-order valence-corrected chi connectivity index (χ4v) is 2.68. The highest BCUT2D eigenvalue weighted by Crippen LogP contribution is 2.17. The number of rotatable bonds is 3. The molecule has 1 aliphatic rings. The molecule has 104 valence electrons. The van der Waals surface area contributed by atoms with Crippen molar-refractivity contribution in [3.05, 3.63) is 41.0 Å². The molecule has 0 atom stereocenters. The van der Waals surface area contributed by atoms with Crippen molar-refractivity contribution in [3.8, 4) is 6.07 Å². The summed E-state index contributed by atoms with van der Waals surface area (Å²) in [6, 6.07) is 6.07.